The molecule has 0 heterocycles. The third-order valence-corrected chi connectivity index (χ3v) is 4.79. The summed E-state index contributed by atoms with van der Waals surface area (Å²) >= 11 is 0. The maximum Gasteiger partial charge on any atom is 0.240 e. The molecule has 0 amide bonds. The van der Waals surface area contributed by atoms with Crippen LogP contribution in [0.25, 0.3) is 0 Å². The van der Waals surface area contributed by atoms with E-state index < -0.39 is 21.9 Å². The Hall–Kier alpha value is -2.16. The van der Waals surface area contributed by atoms with Gasteiger partial charge in [0.2, 0.25) is 10.0 Å². The maximum absolute atomic E-state index is 13.1. The molecule has 0 aliphatic heterocycles. The van der Waals surface area contributed by atoms with Crippen molar-refractivity contribution in [3.63, 3.8) is 0 Å². The highest BCUT2D eigenvalue weighted by Crippen LogP contribution is 2.29. The monoisotopic (exact) mass is 355 g/mol. The number of sulfonamides is 1. The number of aliphatic hydroxyl groups is 1. The van der Waals surface area contributed by atoms with E-state index in [1.54, 1.807) is 18.2 Å². The van der Waals surface area contributed by atoms with E-state index in [0.717, 1.165) is 12.1 Å². The van der Waals surface area contributed by atoms with Crippen molar-refractivity contribution in [2.45, 2.75) is 11.0 Å². The first-order valence-electron chi connectivity index (χ1n) is 7.02. The van der Waals surface area contributed by atoms with Crippen LogP contribution in [0, 0.1) is 5.82 Å². The summed E-state index contributed by atoms with van der Waals surface area (Å²) in [5, 5.41) is 10.2. The SMILES string of the molecule is COc1ccc(C(O)CNS(=O)(=O)c2cccc(F)c2)cc1OC. The molecule has 0 saturated carbocycles. The Morgan fingerprint density at radius 1 is 1.12 bits per heavy atom. The van der Waals surface area contributed by atoms with Gasteiger partial charge in [0.15, 0.2) is 11.5 Å². The second kappa shape index (κ2) is 7.61. The van der Waals surface area contributed by atoms with Crippen molar-refractivity contribution in [1.29, 1.82) is 0 Å². The smallest absolute Gasteiger partial charge is 0.240 e. The van der Waals surface area contributed by atoms with E-state index in [0.29, 0.717) is 17.1 Å². The van der Waals surface area contributed by atoms with Crippen molar-refractivity contribution >= 4 is 10.0 Å². The third kappa shape index (κ3) is 4.22. The molecule has 24 heavy (non-hydrogen) atoms. The number of nitrogens with one attached hydrogen (secondary N) is 1. The Morgan fingerprint density at radius 2 is 1.83 bits per heavy atom. The molecule has 2 N–H and O–H groups in total. The van der Waals surface area contributed by atoms with Crippen LogP contribution in [0.5, 0.6) is 11.5 Å². The second-order valence-corrected chi connectivity index (χ2v) is 6.71. The van der Waals surface area contributed by atoms with Gasteiger partial charge in [-0.05, 0) is 35.9 Å². The molecule has 0 saturated heterocycles. The molecule has 2 aromatic carbocycles. The van der Waals surface area contributed by atoms with Gasteiger partial charge < -0.3 is 14.6 Å². The van der Waals surface area contributed by atoms with Crippen molar-refractivity contribution in [3.8, 4) is 11.5 Å². The lowest BCUT2D eigenvalue weighted by molar-refractivity contribution is 0.181. The molecule has 0 aliphatic rings. The topological polar surface area (TPSA) is 84.9 Å². The number of rotatable bonds is 7. The number of hydrogen-bond donors (Lipinski definition) is 2. The van der Waals surface area contributed by atoms with Crippen LogP contribution in [0.2, 0.25) is 0 Å². The first-order chi connectivity index (χ1) is 11.4. The van der Waals surface area contributed by atoms with Crippen LogP contribution < -0.4 is 14.2 Å². The maximum atomic E-state index is 13.1. The molecule has 0 aliphatic carbocycles. The van der Waals surface area contributed by atoms with Gasteiger partial charge in [-0.2, -0.15) is 0 Å². The highest BCUT2D eigenvalue weighted by Gasteiger charge is 2.18. The van der Waals surface area contributed by atoms with Gasteiger partial charge >= 0.3 is 0 Å². The van der Waals surface area contributed by atoms with Gasteiger partial charge in [0.1, 0.15) is 5.82 Å². The highest BCUT2D eigenvalue weighted by molar-refractivity contribution is 7.89. The number of benzene rings is 2. The lowest BCUT2D eigenvalue weighted by atomic mass is 10.1. The minimum atomic E-state index is -3.92. The second-order valence-electron chi connectivity index (χ2n) is 4.94. The predicted molar refractivity (Wildman–Crippen MR) is 86.1 cm³/mol. The summed E-state index contributed by atoms with van der Waals surface area (Å²) in [7, 11) is -0.974. The van der Waals surface area contributed by atoms with Gasteiger partial charge in [-0.15, -0.1) is 0 Å². The molecule has 0 bridgehead atoms. The van der Waals surface area contributed by atoms with E-state index in [4.69, 9.17) is 9.47 Å². The molecular weight excluding hydrogens is 337 g/mol. The van der Waals surface area contributed by atoms with E-state index in [1.165, 1.54) is 26.4 Å². The molecule has 2 aromatic rings. The average molecular weight is 355 g/mol. The largest absolute Gasteiger partial charge is 0.493 e. The molecule has 2 rings (SSSR count). The zero-order valence-electron chi connectivity index (χ0n) is 13.2. The fourth-order valence-electron chi connectivity index (χ4n) is 2.08. The Bertz CT molecular complexity index is 810. The van der Waals surface area contributed by atoms with Crippen LogP contribution in [-0.2, 0) is 10.0 Å². The van der Waals surface area contributed by atoms with Crippen LogP contribution in [0.15, 0.2) is 47.4 Å². The molecule has 1 atom stereocenters. The van der Waals surface area contributed by atoms with Gasteiger partial charge in [-0.3, -0.25) is 0 Å². The van der Waals surface area contributed by atoms with Crippen LogP contribution >= 0.6 is 0 Å². The molecular formula is C16H18FNO5S. The molecule has 1 unspecified atom stereocenters. The van der Waals surface area contributed by atoms with Gasteiger partial charge in [-0.1, -0.05) is 12.1 Å². The van der Waals surface area contributed by atoms with Crippen molar-refractivity contribution < 1.29 is 27.4 Å². The van der Waals surface area contributed by atoms with Crippen molar-refractivity contribution in [2.24, 2.45) is 0 Å². The number of ether oxygens (including phenoxy) is 2. The van der Waals surface area contributed by atoms with Crippen LogP contribution in [0.4, 0.5) is 4.39 Å². The molecule has 0 fully saturated rings. The quantitative estimate of drug-likeness (QED) is 0.792. The molecule has 0 spiro atoms. The molecule has 130 valence electrons. The number of aliphatic hydroxyl groups excluding tert-OH is 1. The third-order valence-electron chi connectivity index (χ3n) is 3.37. The number of methoxy groups -OCH3 is 2. The molecule has 6 nitrogen and oxygen atoms in total. The van der Waals surface area contributed by atoms with Gasteiger partial charge in [0.05, 0.1) is 25.2 Å². The van der Waals surface area contributed by atoms with Gasteiger partial charge in [0, 0.05) is 6.54 Å². The minimum Gasteiger partial charge on any atom is -0.493 e. The first-order valence-corrected chi connectivity index (χ1v) is 8.51. The number of halogens is 1. The highest BCUT2D eigenvalue weighted by atomic mass is 32.2. The Balaban J connectivity index is 2.11. The van der Waals surface area contributed by atoms with Crippen LogP contribution in [-0.4, -0.2) is 34.3 Å². The van der Waals surface area contributed by atoms with Crippen molar-refractivity contribution in [2.75, 3.05) is 20.8 Å². The lowest BCUT2D eigenvalue weighted by Gasteiger charge is -2.15. The van der Waals surface area contributed by atoms with Gasteiger partial charge in [-0.25, -0.2) is 17.5 Å². The summed E-state index contributed by atoms with van der Waals surface area (Å²) in [6, 6.07) is 9.40. The summed E-state index contributed by atoms with van der Waals surface area (Å²) in [6.45, 7) is -0.270. The number of hydrogen-bond acceptors (Lipinski definition) is 5. The lowest BCUT2D eigenvalue weighted by Crippen LogP contribution is -2.28. The van der Waals surface area contributed by atoms with Crippen molar-refractivity contribution in [3.05, 3.63) is 53.8 Å². The summed E-state index contributed by atoms with van der Waals surface area (Å²) in [6.07, 6.45) is -1.10. The summed E-state index contributed by atoms with van der Waals surface area (Å²) in [5.41, 5.74) is 0.453. The standard InChI is InChI=1S/C16H18FNO5S/c1-22-15-7-6-11(8-16(15)23-2)14(19)10-18-24(20,21)13-5-3-4-12(17)9-13/h3-9,14,18-19H,10H2,1-2H3. The zero-order chi connectivity index (χ0) is 17.7. The molecule has 0 aromatic heterocycles. The van der Waals surface area contributed by atoms with Crippen LogP contribution in [0.3, 0.4) is 0 Å². The van der Waals surface area contributed by atoms with E-state index in [9.17, 15) is 17.9 Å². The normalized spacial score (nSPS) is 12.7. The summed E-state index contributed by atoms with van der Waals surface area (Å²) < 4.78 is 49.9. The minimum absolute atomic E-state index is 0.206. The average Bonchev–Trinajstić information content (AvgIpc) is 2.59. The van der Waals surface area contributed by atoms with E-state index in [-0.39, 0.29) is 11.4 Å². The van der Waals surface area contributed by atoms with E-state index in [2.05, 4.69) is 4.72 Å². The summed E-state index contributed by atoms with van der Waals surface area (Å²) in [5.74, 6) is 0.258. The fraction of sp³-hybridized carbons (Fsp3) is 0.250. The predicted octanol–water partition coefficient (Wildman–Crippen LogP) is 1.85. The summed E-state index contributed by atoms with van der Waals surface area (Å²) in [4.78, 5) is -0.206. The van der Waals surface area contributed by atoms with E-state index in [1.807, 2.05) is 0 Å². The first kappa shape index (κ1) is 18.2. The Morgan fingerprint density at radius 3 is 2.46 bits per heavy atom. The fourth-order valence-corrected chi connectivity index (χ4v) is 3.15. The Labute approximate surface area is 139 Å². The van der Waals surface area contributed by atoms with Gasteiger partial charge in [0.25, 0.3) is 0 Å². The molecule has 8 heteroatoms. The molecule has 0 radical (unpaired) electrons. The van der Waals surface area contributed by atoms with E-state index >= 15 is 0 Å². The van der Waals surface area contributed by atoms with Crippen molar-refractivity contribution in [1.82, 2.24) is 4.72 Å². The van der Waals surface area contributed by atoms with Crippen LogP contribution in [0.1, 0.15) is 11.7 Å². The Kier molecular flexibility index (Phi) is 5.76. The zero-order valence-corrected chi connectivity index (χ0v) is 14.0.